The summed E-state index contributed by atoms with van der Waals surface area (Å²) in [7, 11) is 3.57. The maximum atomic E-state index is 13.5. The molecule has 0 saturated carbocycles. The number of H-pyrrole nitrogens is 1. The van der Waals surface area contributed by atoms with Crippen LogP contribution in [0.1, 0.15) is 52.1 Å². The van der Waals surface area contributed by atoms with E-state index in [1.54, 1.807) is 25.3 Å². The molecule has 6 heteroatoms. The maximum Gasteiger partial charge on any atom is 0.254 e. The Balaban J connectivity index is 1.49. The summed E-state index contributed by atoms with van der Waals surface area (Å²) < 4.78 is 0. The molecule has 1 aliphatic carbocycles. The average molecular weight is 417 g/mol. The molecule has 0 spiro atoms. The molecule has 0 radical (unpaired) electrons. The summed E-state index contributed by atoms with van der Waals surface area (Å²) in [5.74, 6) is 0.416. The monoisotopic (exact) mass is 416 g/mol. The van der Waals surface area contributed by atoms with E-state index >= 15 is 0 Å². The molecule has 1 aliphatic heterocycles. The normalized spacial score (nSPS) is 24.7. The first kappa shape index (κ1) is 19.8. The van der Waals surface area contributed by atoms with E-state index in [9.17, 15) is 9.59 Å². The number of likely N-dealkylation sites (tertiary alicyclic amines) is 1. The van der Waals surface area contributed by atoms with Crippen molar-refractivity contribution >= 4 is 22.8 Å². The molecule has 1 fully saturated rings. The van der Waals surface area contributed by atoms with Gasteiger partial charge in [-0.05, 0) is 65.6 Å². The molecule has 31 heavy (non-hydrogen) atoms. The lowest BCUT2D eigenvalue weighted by Crippen LogP contribution is -2.59. The van der Waals surface area contributed by atoms with Crippen LogP contribution in [0.4, 0.5) is 0 Å². The van der Waals surface area contributed by atoms with Crippen molar-refractivity contribution in [3.05, 3.63) is 65.0 Å². The minimum atomic E-state index is -0.0506. The number of imidazole rings is 1. The number of carbonyl (C=O) groups excluding carboxylic acids is 2. The molecular formula is C25H28N4O2. The van der Waals surface area contributed by atoms with E-state index in [4.69, 9.17) is 0 Å². The molecule has 5 rings (SSSR count). The van der Waals surface area contributed by atoms with Gasteiger partial charge in [-0.25, -0.2) is 4.98 Å². The number of nitrogens with one attached hydrogen (secondary N) is 1. The van der Waals surface area contributed by atoms with Gasteiger partial charge in [-0.3, -0.25) is 9.59 Å². The van der Waals surface area contributed by atoms with Crippen molar-refractivity contribution in [2.24, 2.45) is 5.92 Å². The summed E-state index contributed by atoms with van der Waals surface area (Å²) in [5, 5.41) is 0. The third-order valence-corrected chi connectivity index (χ3v) is 7.59. The van der Waals surface area contributed by atoms with Crippen LogP contribution in [0.15, 0.2) is 42.7 Å². The zero-order valence-corrected chi connectivity index (χ0v) is 18.5. The Bertz CT molecular complexity index is 1200. The molecule has 2 aliphatic rings. The third kappa shape index (κ3) is 2.96. The van der Waals surface area contributed by atoms with Gasteiger partial charge in [-0.2, -0.15) is 0 Å². The first-order valence-corrected chi connectivity index (χ1v) is 10.9. The average Bonchev–Trinajstić information content (AvgIpc) is 3.23. The summed E-state index contributed by atoms with van der Waals surface area (Å²) in [5.41, 5.74) is 5.66. The number of carbonyl (C=O) groups is 2. The number of nitrogens with zero attached hydrogens (tertiary/aromatic N) is 3. The number of aromatic amines is 1. The topological polar surface area (TPSA) is 69.3 Å². The smallest absolute Gasteiger partial charge is 0.254 e. The molecule has 6 nitrogen and oxygen atoms in total. The summed E-state index contributed by atoms with van der Waals surface area (Å²) in [4.78, 5) is 37.0. The third-order valence-electron chi connectivity index (χ3n) is 7.59. The molecular weight excluding hydrogens is 388 g/mol. The van der Waals surface area contributed by atoms with Gasteiger partial charge in [0, 0.05) is 37.8 Å². The fourth-order valence-corrected chi connectivity index (χ4v) is 5.50. The first-order valence-electron chi connectivity index (χ1n) is 10.9. The van der Waals surface area contributed by atoms with Crippen molar-refractivity contribution in [2.45, 2.75) is 38.1 Å². The van der Waals surface area contributed by atoms with Crippen LogP contribution in [0, 0.1) is 5.92 Å². The van der Waals surface area contributed by atoms with Crippen LogP contribution in [-0.4, -0.2) is 58.3 Å². The lowest BCUT2D eigenvalue weighted by atomic mass is 9.58. The molecule has 2 amide bonds. The summed E-state index contributed by atoms with van der Waals surface area (Å²) in [6, 6.07) is 11.9. The molecule has 1 aromatic heterocycles. The van der Waals surface area contributed by atoms with E-state index in [-0.39, 0.29) is 23.3 Å². The number of piperidine rings is 1. The molecule has 1 N–H and O–H groups in total. The first-order chi connectivity index (χ1) is 14.8. The SMILES string of the molecule is C[C@@H]1[C@H]2Cc3ccc(C(=O)N(C)C)cc3[C@]1(C)CCN2C(=O)c1ccc2nc[nH]c2c1. The van der Waals surface area contributed by atoms with Gasteiger partial charge in [0.25, 0.3) is 11.8 Å². The second-order valence-corrected chi connectivity index (χ2v) is 9.43. The number of aromatic nitrogens is 2. The van der Waals surface area contributed by atoms with Crippen molar-refractivity contribution in [2.75, 3.05) is 20.6 Å². The molecule has 2 heterocycles. The molecule has 3 atom stereocenters. The summed E-state index contributed by atoms with van der Waals surface area (Å²) >= 11 is 0. The molecule has 2 aromatic carbocycles. The van der Waals surface area contributed by atoms with Crippen molar-refractivity contribution in [1.29, 1.82) is 0 Å². The number of rotatable bonds is 2. The van der Waals surface area contributed by atoms with Crippen LogP contribution in [0.5, 0.6) is 0 Å². The van der Waals surface area contributed by atoms with Gasteiger partial charge >= 0.3 is 0 Å². The van der Waals surface area contributed by atoms with Crippen molar-refractivity contribution in [3.63, 3.8) is 0 Å². The van der Waals surface area contributed by atoms with Gasteiger partial charge in [0.1, 0.15) is 0 Å². The number of fused-ring (bicyclic) bond motifs is 5. The predicted octanol–water partition coefficient (Wildman–Crippen LogP) is 3.63. The zero-order chi connectivity index (χ0) is 21.9. The predicted molar refractivity (Wildman–Crippen MR) is 120 cm³/mol. The molecule has 0 unspecified atom stereocenters. The minimum absolute atomic E-state index is 0.0305. The lowest BCUT2D eigenvalue weighted by molar-refractivity contribution is 0.0250. The fraction of sp³-hybridized carbons (Fsp3) is 0.400. The van der Waals surface area contributed by atoms with E-state index in [1.165, 1.54) is 11.1 Å². The van der Waals surface area contributed by atoms with E-state index in [0.29, 0.717) is 11.5 Å². The quantitative estimate of drug-likeness (QED) is 0.694. The van der Waals surface area contributed by atoms with Crippen LogP contribution in [0.3, 0.4) is 0 Å². The standard InChI is InChI=1S/C25H28N4O2/c1-15-22-13-16-5-6-17(23(30)28(3)4)11-19(16)25(15,2)9-10-29(22)24(31)18-7-8-20-21(12-18)27-14-26-20/h5-8,11-12,14-15,22H,9-10,13H2,1-4H3,(H,26,27)/t15-,22-,25-/m1/s1. The highest BCUT2D eigenvalue weighted by Crippen LogP contribution is 2.49. The van der Waals surface area contributed by atoms with E-state index in [0.717, 1.165) is 36.0 Å². The van der Waals surface area contributed by atoms with Crippen molar-refractivity contribution in [1.82, 2.24) is 19.8 Å². The van der Waals surface area contributed by atoms with E-state index < -0.39 is 0 Å². The van der Waals surface area contributed by atoms with Crippen LogP contribution >= 0.6 is 0 Å². The van der Waals surface area contributed by atoms with Crippen molar-refractivity contribution < 1.29 is 9.59 Å². The summed E-state index contributed by atoms with van der Waals surface area (Å²) in [6.45, 7) is 5.27. The van der Waals surface area contributed by atoms with Crippen LogP contribution in [0.25, 0.3) is 11.0 Å². The van der Waals surface area contributed by atoms with Gasteiger partial charge in [0.2, 0.25) is 0 Å². The van der Waals surface area contributed by atoms with Crippen LogP contribution in [-0.2, 0) is 11.8 Å². The Kier molecular flexibility index (Phi) is 4.43. The molecule has 1 saturated heterocycles. The highest BCUT2D eigenvalue weighted by atomic mass is 16.2. The summed E-state index contributed by atoms with van der Waals surface area (Å²) in [6.07, 6.45) is 3.36. The Hall–Kier alpha value is -3.15. The van der Waals surface area contributed by atoms with E-state index in [2.05, 4.69) is 40.8 Å². The van der Waals surface area contributed by atoms with Gasteiger partial charge in [0.05, 0.1) is 17.4 Å². The minimum Gasteiger partial charge on any atom is -0.345 e. The number of hydrogen-bond donors (Lipinski definition) is 1. The molecule has 2 bridgehead atoms. The second kappa shape index (κ2) is 6.94. The van der Waals surface area contributed by atoms with Gasteiger partial charge in [0.15, 0.2) is 0 Å². The zero-order valence-electron chi connectivity index (χ0n) is 18.5. The Labute approximate surface area is 182 Å². The highest BCUT2D eigenvalue weighted by molar-refractivity contribution is 5.98. The van der Waals surface area contributed by atoms with Crippen LogP contribution < -0.4 is 0 Å². The van der Waals surface area contributed by atoms with Crippen LogP contribution in [0.2, 0.25) is 0 Å². The Morgan fingerprint density at radius 1 is 1.16 bits per heavy atom. The molecule has 3 aromatic rings. The Morgan fingerprint density at radius 3 is 2.71 bits per heavy atom. The molecule has 160 valence electrons. The fourth-order valence-electron chi connectivity index (χ4n) is 5.50. The Morgan fingerprint density at radius 2 is 1.94 bits per heavy atom. The van der Waals surface area contributed by atoms with Gasteiger partial charge in [-0.15, -0.1) is 0 Å². The van der Waals surface area contributed by atoms with Gasteiger partial charge < -0.3 is 14.8 Å². The van der Waals surface area contributed by atoms with Crippen molar-refractivity contribution in [3.8, 4) is 0 Å². The number of benzene rings is 2. The highest BCUT2D eigenvalue weighted by Gasteiger charge is 2.49. The lowest BCUT2D eigenvalue weighted by Gasteiger charge is -2.54. The second-order valence-electron chi connectivity index (χ2n) is 9.43. The van der Waals surface area contributed by atoms with E-state index in [1.807, 2.05) is 24.3 Å². The maximum absolute atomic E-state index is 13.5. The largest absolute Gasteiger partial charge is 0.345 e. The van der Waals surface area contributed by atoms with Gasteiger partial charge in [-0.1, -0.05) is 19.9 Å². The number of amides is 2. The number of hydrogen-bond acceptors (Lipinski definition) is 3.